The van der Waals surface area contributed by atoms with Gasteiger partial charge in [0.25, 0.3) is 0 Å². The molecule has 1 atom stereocenters. The number of hydrogen-bond donors (Lipinski definition) is 1. The van der Waals surface area contributed by atoms with Crippen molar-refractivity contribution in [3.05, 3.63) is 35.9 Å². The number of nitrogens with one attached hydrogen (secondary N) is 1. The molecule has 0 aromatic heterocycles. The lowest BCUT2D eigenvalue weighted by atomic mass is 10.0. The van der Waals surface area contributed by atoms with Crippen molar-refractivity contribution in [2.75, 3.05) is 39.3 Å². The van der Waals surface area contributed by atoms with E-state index in [4.69, 9.17) is 0 Å². The molecule has 6 heteroatoms. The molecule has 1 unspecified atom stereocenters. The molecule has 1 aromatic rings. The second kappa shape index (κ2) is 9.74. The van der Waals surface area contributed by atoms with Gasteiger partial charge in [0.2, 0.25) is 5.91 Å². The first-order valence-corrected chi connectivity index (χ1v) is 10.3. The van der Waals surface area contributed by atoms with E-state index in [2.05, 4.69) is 34.5 Å². The molecule has 0 radical (unpaired) electrons. The molecule has 148 valence electrons. The smallest absolute Gasteiger partial charge is 0.317 e. The number of rotatable bonds is 5. The van der Waals surface area contributed by atoms with Crippen molar-refractivity contribution in [2.45, 2.75) is 45.2 Å². The number of urea groups is 1. The average molecular weight is 373 g/mol. The number of piperidine rings is 1. The van der Waals surface area contributed by atoms with Gasteiger partial charge >= 0.3 is 6.03 Å². The Labute approximate surface area is 162 Å². The highest BCUT2D eigenvalue weighted by atomic mass is 16.2. The molecule has 3 amide bonds. The zero-order chi connectivity index (χ0) is 19.1. The van der Waals surface area contributed by atoms with Gasteiger partial charge in [0, 0.05) is 38.8 Å². The Morgan fingerprint density at radius 1 is 1.11 bits per heavy atom. The maximum absolute atomic E-state index is 12.6. The SMILES string of the molecule is CCN1CCCN(C(=O)NCC2CCCCN2Cc2ccccc2)CC1=O. The molecular weight excluding hydrogens is 340 g/mol. The van der Waals surface area contributed by atoms with Crippen molar-refractivity contribution < 1.29 is 9.59 Å². The molecule has 2 aliphatic heterocycles. The van der Waals surface area contributed by atoms with Crippen LogP contribution in [0.1, 0.15) is 38.2 Å². The summed E-state index contributed by atoms with van der Waals surface area (Å²) in [7, 11) is 0. The Morgan fingerprint density at radius 2 is 1.93 bits per heavy atom. The Hall–Kier alpha value is -2.08. The number of carbonyl (C=O) groups is 2. The molecular formula is C21H32N4O2. The van der Waals surface area contributed by atoms with E-state index in [9.17, 15) is 9.59 Å². The first-order chi connectivity index (χ1) is 13.2. The topological polar surface area (TPSA) is 55.9 Å². The molecule has 0 aliphatic carbocycles. The molecule has 2 aliphatic rings. The van der Waals surface area contributed by atoms with E-state index >= 15 is 0 Å². The zero-order valence-corrected chi connectivity index (χ0v) is 16.4. The maximum Gasteiger partial charge on any atom is 0.317 e. The number of amides is 3. The van der Waals surface area contributed by atoms with Crippen LogP contribution in [0.2, 0.25) is 0 Å². The summed E-state index contributed by atoms with van der Waals surface area (Å²) in [4.78, 5) is 30.8. The van der Waals surface area contributed by atoms with Crippen LogP contribution in [0.15, 0.2) is 30.3 Å². The molecule has 6 nitrogen and oxygen atoms in total. The summed E-state index contributed by atoms with van der Waals surface area (Å²) in [5.41, 5.74) is 1.31. The number of nitrogens with zero attached hydrogens (tertiary/aromatic N) is 3. The van der Waals surface area contributed by atoms with Gasteiger partial charge in [-0.05, 0) is 38.3 Å². The number of carbonyl (C=O) groups excluding carboxylic acids is 2. The van der Waals surface area contributed by atoms with Crippen molar-refractivity contribution in [1.82, 2.24) is 20.0 Å². The molecule has 2 fully saturated rings. The zero-order valence-electron chi connectivity index (χ0n) is 16.4. The van der Waals surface area contributed by atoms with Gasteiger partial charge in [-0.2, -0.15) is 0 Å². The fourth-order valence-electron chi connectivity index (χ4n) is 4.06. The van der Waals surface area contributed by atoms with Crippen LogP contribution >= 0.6 is 0 Å². The van der Waals surface area contributed by atoms with Crippen molar-refractivity contribution in [3.63, 3.8) is 0 Å². The molecule has 1 N–H and O–H groups in total. The normalized spacial score (nSPS) is 21.8. The highest BCUT2D eigenvalue weighted by Crippen LogP contribution is 2.19. The van der Waals surface area contributed by atoms with Crippen molar-refractivity contribution >= 4 is 11.9 Å². The highest BCUT2D eigenvalue weighted by Gasteiger charge is 2.26. The van der Waals surface area contributed by atoms with E-state index in [-0.39, 0.29) is 18.5 Å². The second-order valence-corrected chi connectivity index (χ2v) is 7.54. The van der Waals surface area contributed by atoms with Gasteiger partial charge in [0.05, 0.1) is 0 Å². The molecule has 2 heterocycles. The summed E-state index contributed by atoms with van der Waals surface area (Å²) >= 11 is 0. The van der Waals surface area contributed by atoms with Gasteiger partial charge in [-0.1, -0.05) is 36.8 Å². The lowest BCUT2D eigenvalue weighted by molar-refractivity contribution is -0.130. The minimum atomic E-state index is -0.105. The highest BCUT2D eigenvalue weighted by molar-refractivity contribution is 5.84. The van der Waals surface area contributed by atoms with Crippen molar-refractivity contribution in [2.24, 2.45) is 0 Å². The van der Waals surface area contributed by atoms with Gasteiger partial charge in [-0.15, -0.1) is 0 Å². The third-order valence-electron chi connectivity index (χ3n) is 5.67. The summed E-state index contributed by atoms with van der Waals surface area (Å²) in [6.07, 6.45) is 4.37. The van der Waals surface area contributed by atoms with Crippen molar-refractivity contribution in [1.29, 1.82) is 0 Å². The largest absolute Gasteiger partial charge is 0.341 e. The standard InChI is InChI=1S/C21H32N4O2/c1-2-23-13-8-14-25(17-20(23)26)21(27)22-15-19-11-6-7-12-24(19)16-18-9-4-3-5-10-18/h3-5,9-10,19H,2,6-8,11-17H2,1H3,(H,22,27). The molecule has 2 saturated heterocycles. The first-order valence-electron chi connectivity index (χ1n) is 10.3. The lowest BCUT2D eigenvalue weighted by Crippen LogP contribution is -2.50. The fourth-order valence-corrected chi connectivity index (χ4v) is 4.06. The summed E-state index contributed by atoms with van der Waals surface area (Å²) in [5, 5.41) is 3.09. The summed E-state index contributed by atoms with van der Waals surface area (Å²) in [6, 6.07) is 10.8. The molecule has 3 rings (SSSR count). The van der Waals surface area contributed by atoms with E-state index < -0.39 is 0 Å². The number of hydrogen-bond acceptors (Lipinski definition) is 3. The Bertz CT molecular complexity index is 622. The third kappa shape index (κ3) is 5.45. The Kier molecular flexibility index (Phi) is 7.10. The van der Waals surface area contributed by atoms with Gasteiger partial charge in [0.15, 0.2) is 0 Å². The summed E-state index contributed by atoms with van der Waals surface area (Å²) < 4.78 is 0. The summed E-state index contributed by atoms with van der Waals surface area (Å²) in [5.74, 6) is 0.0496. The van der Waals surface area contributed by atoms with Crippen LogP contribution < -0.4 is 5.32 Å². The first kappa shape index (κ1) is 19.7. The predicted molar refractivity (Wildman–Crippen MR) is 106 cm³/mol. The molecule has 0 bridgehead atoms. The van der Waals surface area contributed by atoms with Crippen LogP contribution in [0.3, 0.4) is 0 Å². The van der Waals surface area contributed by atoms with Crippen LogP contribution in [0.4, 0.5) is 4.79 Å². The van der Waals surface area contributed by atoms with E-state index in [0.717, 1.165) is 32.5 Å². The fraction of sp³-hybridized carbons (Fsp3) is 0.619. The van der Waals surface area contributed by atoms with Crippen LogP contribution in [0.25, 0.3) is 0 Å². The van der Waals surface area contributed by atoms with E-state index in [1.54, 1.807) is 4.90 Å². The summed E-state index contributed by atoms with van der Waals surface area (Å²) in [6.45, 7) is 6.92. The van der Waals surface area contributed by atoms with Crippen LogP contribution in [-0.4, -0.2) is 71.9 Å². The second-order valence-electron chi connectivity index (χ2n) is 7.54. The van der Waals surface area contributed by atoms with Crippen LogP contribution in [0, 0.1) is 0 Å². The number of likely N-dealkylation sites (tertiary alicyclic amines) is 1. The van der Waals surface area contributed by atoms with Crippen LogP contribution in [-0.2, 0) is 11.3 Å². The quantitative estimate of drug-likeness (QED) is 0.863. The van der Waals surface area contributed by atoms with Gasteiger partial charge in [-0.25, -0.2) is 4.79 Å². The molecule has 1 aromatic carbocycles. The Balaban J connectivity index is 1.52. The van der Waals surface area contributed by atoms with Gasteiger partial charge in [-0.3, -0.25) is 9.69 Å². The van der Waals surface area contributed by atoms with Gasteiger partial charge < -0.3 is 15.1 Å². The van der Waals surface area contributed by atoms with Crippen molar-refractivity contribution in [3.8, 4) is 0 Å². The molecule has 0 saturated carbocycles. The minimum absolute atomic E-state index is 0.0496. The molecule has 27 heavy (non-hydrogen) atoms. The molecule has 0 spiro atoms. The Morgan fingerprint density at radius 3 is 2.70 bits per heavy atom. The maximum atomic E-state index is 12.6. The monoisotopic (exact) mass is 372 g/mol. The minimum Gasteiger partial charge on any atom is -0.341 e. The number of benzene rings is 1. The van der Waals surface area contributed by atoms with E-state index in [1.165, 1.54) is 18.4 Å². The van der Waals surface area contributed by atoms with E-state index in [0.29, 0.717) is 25.7 Å². The predicted octanol–water partition coefficient (Wildman–Crippen LogP) is 2.30. The third-order valence-corrected chi connectivity index (χ3v) is 5.67. The van der Waals surface area contributed by atoms with Gasteiger partial charge in [0.1, 0.15) is 6.54 Å². The lowest BCUT2D eigenvalue weighted by Gasteiger charge is -2.36. The average Bonchev–Trinajstić information content (AvgIpc) is 2.89. The van der Waals surface area contributed by atoms with Crippen LogP contribution in [0.5, 0.6) is 0 Å². The van der Waals surface area contributed by atoms with E-state index in [1.807, 2.05) is 17.9 Å². The number of likely N-dealkylation sites (N-methyl/N-ethyl adjacent to an activating group) is 1.